The number of hydrogen-bond donors (Lipinski definition) is 2. The van der Waals surface area contributed by atoms with Gasteiger partial charge in [0.05, 0.1) is 12.2 Å². The van der Waals surface area contributed by atoms with Crippen LogP contribution in [0.15, 0.2) is 17.3 Å². The number of piperidine rings is 1. The molecule has 1 aromatic rings. The van der Waals surface area contributed by atoms with Crippen molar-refractivity contribution in [2.45, 2.75) is 56.5 Å². The molecule has 2 aliphatic rings. The van der Waals surface area contributed by atoms with Crippen LogP contribution in [0.3, 0.4) is 0 Å². The van der Waals surface area contributed by atoms with E-state index >= 15 is 0 Å². The van der Waals surface area contributed by atoms with Gasteiger partial charge in [0, 0.05) is 31.9 Å². The van der Waals surface area contributed by atoms with Crippen LogP contribution in [0.2, 0.25) is 0 Å². The molecule has 3 heterocycles. The molecule has 2 fully saturated rings. The summed E-state index contributed by atoms with van der Waals surface area (Å²) in [5, 5.41) is 10.3. The summed E-state index contributed by atoms with van der Waals surface area (Å²) >= 11 is 0. The lowest BCUT2D eigenvalue weighted by Gasteiger charge is -2.31. The Morgan fingerprint density at radius 3 is 2.85 bits per heavy atom. The van der Waals surface area contributed by atoms with Crippen LogP contribution >= 0.6 is 0 Å². The molecule has 1 aromatic heterocycles. The molecule has 9 heteroatoms. The smallest absolute Gasteiger partial charge is 0.246 e. The Morgan fingerprint density at radius 2 is 2.19 bits per heavy atom. The number of carbonyl (C=O) groups excluding carboxylic acids is 1. The number of amides is 1. The van der Waals surface area contributed by atoms with Crippen molar-refractivity contribution >= 4 is 15.9 Å². The summed E-state index contributed by atoms with van der Waals surface area (Å²) in [5.41, 5.74) is 0. The van der Waals surface area contributed by atoms with Gasteiger partial charge < -0.3 is 10.6 Å². The molecule has 0 bridgehead atoms. The maximum absolute atomic E-state index is 12.9. The average molecular weight is 384 g/mol. The van der Waals surface area contributed by atoms with Gasteiger partial charge in [-0.15, -0.1) is 0 Å². The Balaban J connectivity index is 1.59. The fourth-order valence-electron chi connectivity index (χ4n) is 3.57. The minimum atomic E-state index is -3.54. The molecule has 26 heavy (non-hydrogen) atoms. The molecule has 2 saturated heterocycles. The second-order valence-electron chi connectivity index (χ2n) is 7.52. The fraction of sp³-hybridized carbons (Fsp3) is 0.765. The van der Waals surface area contributed by atoms with Crippen LogP contribution in [0.5, 0.6) is 0 Å². The molecule has 1 amide bonds. The first-order chi connectivity index (χ1) is 12.4. The zero-order valence-corrected chi connectivity index (χ0v) is 16.3. The predicted molar refractivity (Wildman–Crippen MR) is 98.1 cm³/mol. The summed E-state index contributed by atoms with van der Waals surface area (Å²) in [4.78, 5) is 12.4. The zero-order valence-electron chi connectivity index (χ0n) is 15.5. The van der Waals surface area contributed by atoms with Crippen molar-refractivity contribution in [3.05, 3.63) is 12.4 Å². The third-order valence-corrected chi connectivity index (χ3v) is 6.99. The summed E-state index contributed by atoms with van der Waals surface area (Å²) in [6.07, 6.45) is 6.65. The van der Waals surface area contributed by atoms with Gasteiger partial charge in [0.25, 0.3) is 0 Å². The quantitative estimate of drug-likeness (QED) is 0.755. The highest BCUT2D eigenvalue weighted by Gasteiger charge is 2.32. The van der Waals surface area contributed by atoms with Gasteiger partial charge in [-0.3, -0.25) is 9.48 Å². The summed E-state index contributed by atoms with van der Waals surface area (Å²) in [6, 6.07) is 0.0211. The molecule has 0 spiro atoms. The molecule has 0 aliphatic carbocycles. The molecule has 0 saturated carbocycles. The summed E-state index contributed by atoms with van der Waals surface area (Å²) < 4.78 is 29.0. The van der Waals surface area contributed by atoms with E-state index in [1.165, 1.54) is 10.5 Å². The van der Waals surface area contributed by atoms with Crippen LogP contribution < -0.4 is 10.6 Å². The molecule has 2 unspecified atom stereocenters. The van der Waals surface area contributed by atoms with Gasteiger partial charge in [0.1, 0.15) is 4.90 Å². The molecular weight excluding hydrogens is 354 g/mol. The normalized spacial score (nSPS) is 24.9. The molecule has 0 aromatic carbocycles. The van der Waals surface area contributed by atoms with Crippen LogP contribution in [0.25, 0.3) is 0 Å². The first kappa shape index (κ1) is 19.3. The van der Waals surface area contributed by atoms with Crippen LogP contribution in [0.1, 0.15) is 45.6 Å². The van der Waals surface area contributed by atoms with E-state index in [-0.39, 0.29) is 28.8 Å². The molecule has 2 N–H and O–H groups in total. The predicted octanol–water partition coefficient (Wildman–Crippen LogP) is 0.733. The Labute approximate surface area is 155 Å². The van der Waals surface area contributed by atoms with Gasteiger partial charge >= 0.3 is 0 Å². The lowest BCUT2D eigenvalue weighted by molar-refractivity contribution is -0.123. The Kier molecular flexibility index (Phi) is 5.99. The largest absolute Gasteiger partial charge is 0.354 e. The van der Waals surface area contributed by atoms with Crippen LogP contribution in [-0.2, 0) is 14.8 Å². The van der Waals surface area contributed by atoms with Crippen molar-refractivity contribution in [2.75, 3.05) is 26.2 Å². The zero-order chi connectivity index (χ0) is 18.7. The van der Waals surface area contributed by atoms with Crippen molar-refractivity contribution < 1.29 is 13.2 Å². The van der Waals surface area contributed by atoms with Crippen LogP contribution in [0, 0.1) is 5.92 Å². The van der Waals surface area contributed by atoms with Crippen molar-refractivity contribution in [3.8, 4) is 0 Å². The maximum Gasteiger partial charge on any atom is 0.246 e. The van der Waals surface area contributed by atoms with Gasteiger partial charge in [-0.25, -0.2) is 8.42 Å². The summed E-state index contributed by atoms with van der Waals surface area (Å²) in [6.45, 7) is 6.29. The van der Waals surface area contributed by atoms with Gasteiger partial charge in [-0.2, -0.15) is 9.40 Å². The van der Waals surface area contributed by atoms with Crippen molar-refractivity contribution in [1.82, 2.24) is 24.7 Å². The van der Waals surface area contributed by atoms with Crippen molar-refractivity contribution in [2.24, 2.45) is 5.92 Å². The molecule has 146 valence electrons. The molecular formula is C17H29N5O3S. The molecule has 0 radical (unpaired) electrons. The SMILES string of the molecule is CC(C)n1cc(S(=O)(=O)N2CCCC(CNC(=O)C3CCCN3)C2)cn1. The van der Waals surface area contributed by atoms with Gasteiger partial charge in [-0.1, -0.05) is 0 Å². The van der Waals surface area contributed by atoms with Crippen molar-refractivity contribution in [3.63, 3.8) is 0 Å². The summed E-state index contributed by atoms with van der Waals surface area (Å²) in [5.74, 6) is 0.171. The lowest BCUT2D eigenvalue weighted by atomic mass is 9.99. The number of sulfonamides is 1. The molecule has 8 nitrogen and oxygen atoms in total. The van der Waals surface area contributed by atoms with E-state index in [1.807, 2.05) is 13.8 Å². The number of carbonyl (C=O) groups is 1. The Bertz CT molecular complexity index is 725. The summed E-state index contributed by atoms with van der Waals surface area (Å²) in [7, 11) is -3.54. The third-order valence-electron chi connectivity index (χ3n) is 5.17. The number of nitrogens with one attached hydrogen (secondary N) is 2. The van der Waals surface area contributed by atoms with E-state index in [0.717, 1.165) is 32.2 Å². The molecule has 2 atom stereocenters. The Morgan fingerprint density at radius 1 is 1.38 bits per heavy atom. The lowest BCUT2D eigenvalue weighted by Crippen LogP contribution is -2.46. The highest BCUT2D eigenvalue weighted by atomic mass is 32.2. The van der Waals surface area contributed by atoms with E-state index in [1.54, 1.807) is 10.9 Å². The number of rotatable bonds is 6. The van der Waals surface area contributed by atoms with Crippen molar-refractivity contribution in [1.29, 1.82) is 0 Å². The van der Waals surface area contributed by atoms with Crippen LogP contribution in [0.4, 0.5) is 0 Å². The van der Waals surface area contributed by atoms with E-state index in [9.17, 15) is 13.2 Å². The highest BCUT2D eigenvalue weighted by molar-refractivity contribution is 7.89. The highest BCUT2D eigenvalue weighted by Crippen LogP contribution is 2.24. The second kappa shape index (κ2) is 8.06. The maximum atomic E-state index is 12.9. The first-order valence-corrected chi connectivity index (χ1v) is 10.9. The fourth-order valence-corrected chi connectivity index (χ4v) is 5.07. The molecule has 2 aliphatic heterocycles. The number of aromatic nitrogens is 2. The topological polar surface area (TPSA) is 96.3 Å². The average Bonchev–Trinajstić information content (AvgIpc) is 3.31. The second-order valence-corrected chi connectivity index (χ2v) is 9.45. The standard InChI is InChI=1S/C17H29N5O3S/c1-13(2)22-12-15(10-20-22)26(24,25)21-8-4-5-14(11-21)9-19-17(23)16-6-3-7-18-16/h10,12-14,16,18H,3-9,11H2,1-2H3,(H,19,23). The minimum absolute atomic E-state index is 0.0284. The van der Waals surface area contributed by atoms with Gasteiger partial charge in [-0.05, 0) is 52.0 Å². The van der Waals surface area contributed by atoms with E-state index < -0.39 is 10.0 Å². The molecule has 3 rings (SSSR count). The monoisotopic (exact) mass is 383 g/mol. The number of nitrogens with zero attached hydrogens (tertiary/aromatic N) is 3. The van der Waals surface area contributed by atoms with E-state index in [4.69, 9.17) is 0 Å². The van der Waals surface area contributed by atoms with Crippen LogP contribution in [-0.4, -0.2) is 60.6 Å². The Hall–Kier alpha value is -1.45. The first-order valence-electron chi connectivity index (χ1n) is 9.43. The van der Waals surface area contributed by atoms with Gasteiger partial charge in [0.2, 0.25) is 15.9 Å². The van der Waals surface area contributed by atoms with Gasteiger partial charge in [0.15, 0.2) is 0 Å². The minimum Gasteiger partial charge on any atom is -0.354 e. The van der Waals surface area contributed by atoms with E-state index in [0.29, 0.717) is 19.6 Å². The third kappa shape index (κ3) is 4.27. The van der Waals surface area contributed by atoms with E-state index in [2.05, 4.69) is 15.7 Å². The number of hydrogen-bond acceptors (Lipinski definition) is 5.